The van der Waals surface area contributed by atoms with Crippen molar-refractivity contribution in [2.45, 2.75) is 79.8 Å². The second kappa shape index (κ2) is 9.33. The molecular weight excluding hydrogens is 532 g/mol. The summed E-state index contributed by atoms with van der Waals surface area (Å²) in [5, 5.41) is 34.4. The Morgan fingerprint density at radius 1 is 0.952 bits per heavy atom. The van der Waals surface area contributed by atoms with Crippen LogP contribution in [0.15, 0.2) is 58.9 Å². The highest BCUT2D eigenvalue weighted by atomic mass is 16.3. The minimum atomic E-state index is -2.44. The molecule has 0 unspecified atom stereocenters. The lowest BCUT2D eigenvalue weighted by molar-refractivity contribution is -0.157. The van der Waals surface area contributed by atoms with Crippen molar-refractivity contribution < 1.29 is 34.5 Å². The molecule has 0 radical (unpaired) electrons. The summed E-state index contributed by atoms with van der Waals surface area (Å²) < 4.78 is 0. The van der Waals surface area contributed by atoms with E-state index in [0.717, 1.165) is 16.7 Å². The zero-order chi connectivity index (χ0) is 31.2. The molecule has 0 spiro atoms. The molecule has 0 aliphatic heterocycles. The van der Waals surface area contributed by atoms with E-state index in [-0.39, 0.29) is 47.5 Å². The third-order valence-corrected chi connectivity index (χ3v) is 9.60. The Labute approximate surface area is 246 Å². The van der Waals surface area contributed by atoms with Gasteiger partial charge in [0.25, 0.3) is 0 Å². The van der Waals surface area contributed by atoms with Crippen LogP contribution in [0.2, 0.25) is 0 Å². The van der Waals surface area contributed by atoms with Gasteiger partial charge in [-0.15, -0.1) is 0 Å². The van der Waals surface area contributed by atoms with Crippen LogP contribution in [0.5, 0.6) is 5.75 Å². The van der Waals surface area contributed by atoms with Crippen LogP contribution in [0.25, 0.3) is 11.1 Å². The summed E-state index contributed by atoms with van der Waals surface area (Å²) in [6.45, 7) is 12.2. The maximum atomic E-state index is 14.1. The van der Waals surface area contributed by atoms with Gasteiger partial charge < -0.3 is 15.3 Å². The fourth-order valence-corrected chi connectivity index (χ4v) is 7.55. The second-order valence-corrected chi connectivity index (χ2v) is 14.0. The number of benzene rings is 2. The summed E-state index contributed by atoms with van der Waals surface area (Å²) in [5.41, 5.74) is -1.67. The van der Waals surface area contributed by atoms with Crippen LogP contribution in [-0.2, 0) is 27.2 Å². The molecule has 0 saturated carbocycles. The predicted molar refractivity (Wildman–Crippen MR) is 158 cm³/mol. The normalized spacial score (nSPS) is 27.4. The Bertz CT molecular complexity index is 1650. The zero-order valence-corrected chi connectivity index (χ0v) is 25.3. The van der Waals surface area contributed by atoms with Crippen LogP contribution >= 0.6 is 0 Å². The van der Waals surface area contributed by atoms with Gasteiger partial charge in [-0.05, 0) is 61.4 Å². The van der Waals surface area contributed by atoms with Crippen LogP contribution in [0, 0.1) is 16.2 Å². The van der Waals surface area contributed by atoms with Crippen molar-refractivity contribution in [1.82, 2.24) is 0 Å². The van der Waals surface area contributed by atoms with Crippen LogP contribution in [0.3, 0.4) is 0 Å². The van der Waals surface area contributed by atoms with E-state index >= 15 is 0 Å². The van der Waals surface area contributed by atoms with Crippen molar-refractivity contribution in [3.8, 4) is 16.9 Å². The number of Topliss-reactive ketones (excluding diaryl/α,β-unsaturated/α-hetero) is 4. The number of ketones is 4. The van der Waals surface area contributed by atoms with Gasteiger partial charge in [-0.25, -0.2) is 0 Å². The van der Waals surface area contributed by atoms with Gasteiger partial charge in [0, 0.05) is 28.2 Å². The molecule has 2 aromatic carbocycles. The van der Waals surface area contributed by atoms with Crippen LogP contribution in [0.1, 0.15) is 82.8 Å². The van der Waals surface area contributed by atoms with E-state index in [2.05, 4.69) is 0 Å². The molecule has 0 bridgehead atoms. The van der Waals surface area contributed by atoms with Crippen molar-refractivity contribution >= 4 is 23.1 Å². The number of aliphatic hydroxyl groups excluding tert-OH is 1. The summed E-state index contributed by atoms with van der Waals surface area (Å²) in [7, 11) is 0. The van der Waals surface area contributed by atoms with Crippen LogP contribution in [0.4, 0.5) is 0 Å². The van der Waals surface area contributed by atoms with Gasteiger partial charge in [0.15, 0.2) is 17.2 Å². The van der Waals surface area contributed by atoms with Crippen molar-refractivity contribution in [1.29, 1.82) is 0 Å². The number of hydrogen-bond acceptors (Lipinski definition) is 7. The fourth-order valence-electron chi connectivity index (χ4n) is 7.55. The van der Waals surface area contributed by atoms with E-state index in [1.807, 2.05) is 52.0 Å². The summed E-state index contributed by atoms with van der Waals surface area (Å²) in [6, 6.07) is 10.7. The Balaban J connectivity index is 1.63. The third kappa shape index (κ3) is 4.12. The number of aliphatic hydroxyl groups is 2. The lowest BCUT2D eigenvalue weighted by Crippen LogP contribution is -2.63. The first-order valence-corrected chi connectivity index (χ1v) is 14.3. The van der Waals surface area contributed by atoms with E-state index in [9.17, 15) is 34.5 Å². The van der Waals surface area contributed by atoms with E-state index < -0.39 is 45.0 Å². The van der Waals surface area contributed by atoms with Gasteiger partial charge in [-0.2, -0.15) is 0 Å². The Morgan fingerprint density at radius 2 is 1.57 bits per heavy atom. The van der Waals surface area contributed by atoms with Crippen molar-refractivity contribution in [3.63, 3.8) is 0 Å². The molecule has 0 aromatic heterocycles. The van der Waals surface area contributed by atoms with Gasteiger partial charge in [0.2, 0.25) is 5.78 Å². The number of fused-ring (bicyclic) bond motifs is 3. The second-order valence-electron chi connectivity index (χ2n) is 14.0. The quantitative estimate of drug-likeness (QED) is 0.397. The molecule has 0 saturated heterocycles. The standard InChI is InChI=1S/C35H38O7/c1-18-15-34(7)17-33(6)16-23-22(21-10-8-20(9-11-21)14-25(38)32(3,4)5)12-13-24(37)27(23)29(39)28(33)31(41)35(34,42)30(40)26(18)19(2)36/h8-13,37,41-42H,14-17H2,1-7H3/t33-,34+,35+/m1/s1. The molecular formula is C35H38O7. The van der Waals surface area contributed by atoms with E-state index in [4.69, 9.17) is 0 Å². The number of allylic oxidation sites excluding steroid dienone is 2. The molecule has 3 aliphatic carbocycles. The van der Waals surface area contributed by atoms with E-state index in [0.29, 0.717) is 17.6 Å². The third-order valence-electron chi connectivity index (χ3n) is 9.60. The van der Waals surface area contributed by atoms with Crippen molar-refractivity contribution in [2.24, 2.45) is 16.2 Å². The van der Waals surface area contributed by atoms with Crippen molar-refractivity contribution in [2.75, 3.05) is 0 Å². The maximum absolute atomic E-state index is 14.1. The molecule has 3 N–H and O–H groups in total. The monoisotopic (exact) mass is 570 g/mol. The fraction of sp³-hybridized carbons (Fsp3) is 0.429. The minimum absolute atomic E-state index is 0.0208. The smallest absolute Gasteiger partial charge is 0.206 e. The highest BCUT2D eigenvalue weighted by molar-refractivity contribution is 6.25. The number of phenolic OH excluding ortho intramolecular Hbond substituents is 1. The lowest BCUT2D eigenvalue weighted by Gasteiger charge is -2.56. The number of phenols is 1. The number of aromatic hydroxyl groups is 1. The number of hydrogen-bond donors (Lipinski definition) is 3. The Hall–Kier alpha value is -3.84. The van der Waals surface area contributed by atoms with Gasteiger partial charge in [0.1, 0.15) is 17.3 Å². The lowest BCUT2D eigenvalue weighted by atomic mass is 9.48. The van der Waals surface area contributed by atoms with E-state index in [1.54, 1.807) is 19.9 Å². The molecule has 42 heavy (non-hydrogen) atoms. The van der Waals surface area contributed by atoms with Gasteiger partial charge in [0.05, 0.1) is 11.1 Å². The molecule has 0 heterocycles. The van der Waals surface area contributed by atoms with E-state index in [1.165, 1.54) is 13.0 Å². The van der Waals surface area contributed by atoms with Gasteiger partial charge in [-0.3, -0.25) is 19.2 Å². The first-order chi connectivity index (χ1) is 19.4. The number of rotatable bonds is 4. The molecule has 7 heteroatoms. The van der Waals surface area contributed by atoms with Gasteiger partial charge >= 0.3 is 0 Å². The summed E-state index contributed by atoms with van der Waals surface area (Å²) in [6.07, 6.45) is 0.961. The molecule has 0 amide bonds. The topological polar surface area (TPSA) is 129 Å². The number of carbonyl (C=O) groups excluding carboxylic acids is 4. The average molecular weight is 571 g/mol. The molecule has 0 fully saturated rings. The predicted octanol–water partition coefficient (Wildman–Crippen LogP) is 5.79. The first-order valence-electron chi connectivity index (χ1n) is 14.3. The molecule has 3 atom stereocenters. The highest BCUT2D eigenvalue weighted by Crippen LogP contribution is 2.62. The zero-order valence-electron chi connectivity index (χ0n) is 25.3. The first kappa shape index (κ1) is 29.6. The van der Waals surface area contributed by atoms with Gasteiger partial charge in [-0.1, -0.05) is 70.5 Å². The summed E-state index contributed by atoms with van der Waals surface area (Å²) in [5.74, 6) is -2.91. The highest BCUT2D eigenvalue weighted by Gasteiger charge is 2.67. The van der Waals surface area contributed by atoms with Crippen LogP contribution in [-0.4, -0.2) is 44.1 Å². The molecule has 7 nitrogen and oxygen atoms in total. The summed E-state index contributed by atoms with van der Waals surface area (Å²) >= 11 is 0. The molecule has 5 rings (SSSR count). The maximum Gasteiger partial charge on any atom is 0.206 e. The summed E-state index contributed by atoms with van der Waals surface area (Å²) in [4.78, 5) is 52.7. The minimum Gasteiger partial charge on any atom is -0.508 e. The average Bonchev–Trinajstić information content (AvgIpc) is 2.86. The SMILES string of the molecule is CC(=O)C1=C(C)C[C@@]2(C)C[C@@]3(C)Cc4c(-c5ccc(CC(=O)C(C)(C)C)cc5)ccc(O)c4C(=O)C3=C(O)[C@@]2(O)C1=O. The molecule has 3 aliphatic rings. The Kier molecular flexibility index (Phi) is 6.59. The Morgan fingerprint density at radius 3 is 2.14 bits per heavy atom. The van der Waals surface area contributed by atoms with Crippen LogP contribution < -0.4 is 0 Å². The van der Waals surface area contributed by atoms with Crippen molar-refractivity contribution in [3.05, 3.63) is 75.6 Å². The number of carbonyl (C=O) groups is 4. The molecule has 220 valence electrons. The largest absolute Gasteiger partial charge is 0.508 e. The molecule has 2 aromatic rings.